The number of aliphatic hydroxyl groups is 2. The van der Waals surface area contributed by atoms with E-state index in [0.29, 0.717) is 34.7 Å². The van der Waals surface area contributed by atoms with Crippen LogP contribution in [0.25, 0.3) is 0 Å². The number of esters is 1. The van der Waals surface area contributed by atoms with E-state index < -0.39 is 59.3 Å². The lowest BCUT2D eigenvalue weighted by molar-refractivity contribution is -0.223. The minimum Gasteiger partial charge on any atom is -0.480 e. The zero-order valence-corrected chi connectivity index (χ0v) is 25.3. The van der Waals surface area contributed by atoms with Gasteiger partial charge >= 0.3 is 11.9 Å². The van der Waals surface area contributed by atoms with Gasteiger partial charge in [0.25, 0.3) is 0 Å². The lowest BCUT2D eigenvalue weighted by atomic mass is 9.49. The zero-order valence-electron chi connectivity index (χ0n) is 24.5. The van der Waals surface area contributed by atoms with Gasteiger partial charge in [-0.05, 0) is 56.6 Å². The zero-order chi connectivity index (χ0) is 30.7. The number of carboxylic acids is 1. The van der Waals surface area contributed by atoms with Crippen molar-refractivity contribution in [2.45, 2.75) is 76.0 Å². The Bertz CT molecular complexity index is 1330. The number of para-hydroxylation sites is 1. The van der Waals surface area contributed by atoms with Gasteiger partial charge in [0.05, 0.1) is 16.3 Å². The molecule has 0 bridgehead atoms. The summed E-state index contributed by atoms with van der Waals surface area (Å²) in [5.41, 5.74) is -1.14. The van der Waals surface area contributed by atoms with E-state index in [4.69, 9.17) is 21.2 Å². The maximum absolute atomic E-state index is 13.1. The minimum absolute atomic E-state index is 0.0797. The molecule has 1 saturated carbocycles. The number of carbonyl (C=O) groups excluding carboxylic acids is 1. The number of halogens is 1. The van der Waals surface area contributed by atoms with E-state index in [2.05, 4.69) is 18.5 Å². The monoisotopic (exact) mass is 600 g/mol. The van der Waals surface area contributed by atoms with Crippen molar-refractivity contribution < 1.29 is 34.5 Å². The molecule has 10 heteroatoms. The summed E-state index contributed by atoms with van der Waals surface area (Å²) >= 11 is 6.59. The summed E-state index contributed by atoms with van der Waals surface area (Å²) in [4.78, 5) is 32.2. The van der Waals surface area contributed by atoms with E-state index in [-0.39, 0.29) is 18.3 Å². The fourth-order valence-corrected chi connectivity index (χ4v) is 8.43. The maximum atomic E-state index is 13.1. The number of carboxylic acid groups (broad SMARTS) is 1. The fraction of sp³-hybridized carbons (Fsp3) is 0.562. The number of carbonyl (C=O) groups is 2. The maximum Gasteiger partial charge on any atom is 0.321 e. The third kappa shape index (κ3) is 4.52. The summed E-state index contributed by atoms with van der Waals surface area (Å²) in [6.45, 7) is 13.6. The number of allylic oxidation sites excluding steroid dienone is 2. The van der Waals surface area contributed by atoms with Crippen LogP contribution in [0.2, 0.25) is 5.02 Å². The minimum atomic E-state index is -1.96. The van der Waals surface area contributed by atoms with E-state index in [0.717, 1.165) is 12.0 Å². The molecule has 0 amide bonds. The van der Waals surface area contributed by atoms with Crippen LogP contribution in [0.15, 0.2) is 54.7 Å². The van der Waals surface area contributed by atoms with Crippen LogP contribution in [0.4, 0.5) is 5.69 Å². The molecular weight excluding hydrogens is 560 g/mol. The van der Waals surface area contributed by atoms with Gasteiger partial charge in [-0.2, -0.15) is 0 Å². The van der Waals surface area contributed by atoms with E-state index in [1.54, 1.807) is 31.3 Å². The Labute approximate surface area is 251 Å². The molecule has 2 aliphatic heterocycles. The summed E-state index contributed by atoms with van der Waals surface area (Å²) in [5, 5.41) is 41.2. The normalized spacial score (nSPS) is 38.9. The Morgan fingerprint density at radius 3 is 2.64 bits per heavy atom. The summed E-state index contributed by atoms with van der Waals surface area (Å²) in [6, 6.07) is 3.70. The molecule has 0 spiro atoms. The second-order valence-corrected chi connectivity index (χ2v) is 12.9. The van der Waals surface area contributed by atoms with E-state index >= 15 is 0 Å². The topological polar surface area (TPSA) is 129 Å². The molecule has 1 aromatic rings. The Kier molecular flexibility index (Phi) is 8.13. The number of hydrogen-bond donors (Lipinski definition) is 4. The van der Waals surface area contributed by atoms with Crippen molar-refractivity contribution in [3.8, 4) is 0 Å². The van der Waals surface area contributed by atoms with Crippen LogP contribution in [-0.2, 0) is 24.8 Å². The number of hydrogen-bond acceptors (Lipinski definition) is 8. The number of nitrogens with zero attached hydrogens (tertiary/aromatic N) is 1. The van der Waals surface area contributed by atoms with Crippen molar-refractivity contribution in [1.29, 1.82) is 0 Å². The van der Waals surface area contributed by atoms with E-state index in [9.17, 15) is 24.9 Å². The summed E-state index contributed by atoms with van der Waals surface area (Å²) < 4.78 is 6.13. The van der Waals surface area contributed by atoms with Crippen molar-refractivity contribution in [1.82, 2.24) is 5.32 Å². The van der Waals surface area contributed by atoms with Gasteiger partial charge in [-0.25, -0.2) is 0 Å². The molecule has 9 nitrogen and oxygen atoms in total. The summed E-state index contributed by atoms with van der Waals surface area (Å²) in [6.07, 6.45) is 3.33. The first-order chi connectivity index (χ1) is 19.8. The van der Waals surface area contributed by atoms with Crippen LogP contribution < -0.4 is 10.4 Å². The molecule has 2 fully saturated rings. The van der Waals surface area contributed by atoms with E-state index in [1.165, 1.54) is 5.06 Å². The molecular formula is C32H41ClN2O7. The Balaban J connectivity index is 1.77. The largest absolute Gasteiger partial charge is 0.480 e. The molecule has 4 N–H and O–H groups in total. The van der Waals surface area contributed by atoms with Crippen molar-refractivity contribution >= 4 is 29.2 Å². The quantitative estimate of drug-likeness (QED) is 0.267. The highest BCUT2D eigenvalue weighted by atomic mass is 35.5. The van der Waals surface area contributed by atoms with Crippen molar-refractivity contribution in [3.63, 3.8) is 0 Å². The van der Waals surface area contributed by atoms with Crippen LogP contribution in [0.3, 0.4) is 0 Å². The lowest BCUT2D eigenvalue weighted by Gasteiger charge is -2.59. The highest BCUT2D eigenvalue weighted by Crippen LogP contribution is 2.61. The van der Waals surface area contributed by atoms with Gasteiger partial charge in [-0.15, -0.1) is 6.58 Å². The third-order valence-corrected chi connectivity index (χ3v) is 10.4. The smallest absolute Gasteiger partial charge is 0.321 e. The number of ether oxygens (including phenoxy) is 1. The molecule has 1 saturated heterocycles. The fourth-order valence-electron chi connectivity index (χ4n) is 8.14. The number of aliphatic carboxylic acids is 1. The van der Waals surface area contributed by atoms with Gasteiger partial charge in [0.2, 0.25) is 0 Å². The third-order valence-electron chi connectivity index (χ3n) is 10.1. The van der Waals surface area contributed by atoms with Crippen LogP contribution in [0.1, 0.15) is 52.0 Å². The van der Waals surface area contributed by atoms with Crippen LogP contribution >= 0.6 is 11.6 Å². The Morgan fingerprint density at radius 2 is 2.00 bits per heavy atom. The highest BCUT2D eigenvalue weighted by molar-refractivity contribution is 6.33. The molecule has 1 aromatic carbocycles. The standard InChI is InChI=1S/C32H41ClN2O7/c1-7-8-12-23(36)41-28-17(4)15-21-19(16(2)3)14-13-18(5)31(21,39)25(28)24-26(29(37)38)34-30-32(24,40)20-10-9-11-22(33)27(20)35(6)42-30/h7,9-11,15,18-19,21,24-26,28,30,34,39-40H,1-2,8,12-14H2,3-6H3,(H,37,38)/t18-,19-,21+,24+,25?,26+,28?,30-,31-,32+/m1/s1. The lowest BCUT2D eigenvalue weighted by Crippen LogP contribution is -2.67. The molecule has 5 rings (SSSR count). The van der Waals surface area contributed by atoms with Crippen molar-refractivity contribution in [3.05, 3.63) is 65.2 Å². The second kappa shape index (κ2) is 11.1. The molecule has 10 atom stereocenters. The molecule has 2 heterocycles. The van der Waals surface area contributed by atoms with Crippen LogP contribution in [-0.4, -0.2) is 58.3 Å². The number of fused-ring (bicyclic) bond motifs is 4. The Morgan fingerprint density at radius 1 is 1.29 bits per heavy atom. The van der Waals surface area contributed by atoms with Crippen LogP contribution in [0.5, 0.6) is 0 Å². The predicted octanol–water partition coefficient (Wildman–Crippen LogP) is 4.33. The number of rotatable bonds is 7. The average Bonchev–Trinajstić information content (AvgIpc) is 3.22. The van der Waals surface area contributed by atoms with Crippen molar-refractivity contribution in [2.24, 2.45) is 29.6 Å². The van der Waals surface area contributed by atoms with Crippen LogP contribution in [0, 0.1) is 29.6 Å². The second-order valence-electron chi connectivity index (χ2n) is 12.5. The Hall–Kier alpha value is -2.69. The first-order valence-electron chi connectivity index (χ1n) is 14.6. The van der Waals surface area contributed by atoms with Gasteiger partial charge in [0.15, 0.2) is 6.23 Å². The molecule has 0 aromatic heterocycles. The number of nitrogens with one attached hydrogen (secondary N) is 1. The number of benzene rings is 1. The van der Waals surface area contributed by atoms with Gasteiger partial charge in [0.1, 0.15) is 17.7 Å². The van der Waals surface area contributed by atoms with Gasteiger partial charge in [0, 0.05) is 36.8 Å². The molecule has 228 valence electrons. The number of hydroxylamine groups is 1. The predicted molar refractivity (Wildman–Crippen MR) is 158 cm³/mol. The van der Waals surface area contributed by atoms with Crippen molar-refractivity contribution in [2.75, 3.05) is 12.1 Å². The van der Waals surface area contributed by atoms with E-state index in [1.807, 2.05) is 26.8 Å². The molecule has 0 radical (unpaired) electrons. The van der Waals surface area contributed by atoms with Gasteiger partial charge < -0.3 is 20.1 Å². The summed E-state index contributed by atoms with van der Waals surface area (Å²) in [5.74, 6) is -4.77. The summed E-state index contributed by atoms with van der Waals surface area (Å²) in [7, 11) is 1.64. The number of anilines is 1. The van der Waals surface area contributed by atoms with Gasteiger partial charge in [-0.1, -0.05) is 55.0 Å². The molecule has 4 aliphatic rings. The molecule has 2 aliphatic carbocycles. The average molecular weight is 601 g/mol. The SMILES string of the molecule is C=CCCC(=O)OC1C(C)=C[C@H]2[C@@H](C(=C)C)CC[C@@H](C)[C@]2(O)C1[C@H]1[C@@H](C(=O)O)N[C@@H]2ON(C)c3c(Cl)cccc3[C@@]21O. The molecule has 2 unspecified atom stereocenters. The highest BCUT2D eigenvalue weighted by Gasteiger charge is 2.71. The first kappa shape index (κ1) is 30.8. The first-order valence-corrected chi connectivity index (χ1v) is 14.9. The van der Waals surface area contributed by atoms with Gasteiger partial charge in [-0.3, -0.25) is 24.8 Å². The molecule has 42 heavy (non-hydrogen) atoms.